The summed E-state index contributed by atoms with van der Waals surface area (Å²) in [6.45, 7) is 8.09. The highest BCUT2D eigenvalue weighted by molar-refractivity contribution is 5.23. The van der Waals surface area contributed by atoms with Crippen LogP contribution in [0.5, 0.6) is 0 Å². The number of hydrogen-bond donors (Lipinski definition) is 1. The first-order valence-corrected chi connectivity index (χ1v) is 7.36. The summed E-state index contributed by atoms with van der Waals surface area (Å²) in [5.74, 6) is 0. The molecule has 0 radical (unpaired) electrons. The minimum absolute atomic E-state index is 0.364. The molecular weight excluding hydrogens is 238 g/mol. The fraction of sp³-hybridized carbons (Fsp3) is 0.733. The van der Waals surface area contributed by atoms with E-state index in [-0.39, 0.29) is 0 Å². The van der Waals surface area contributed by atoms with Gasteiger partial charge < -0.3 is 10.1 Å². The van der Waals surface area contributed by atoms with Gasteiger partial charge in [0, 0.05) is 12.6 Å². The summed E-state index contributed by atoms with van der Waals surface area (Å²) < 4.78 is 5.72. The summed E-state index contributed by atoms with van der Waals surface area (Å²) in [6, 6.07) is 2.52. The second-order valence-corrected chi connectivity index (χ2v) is 5.35. The Kier molecular flexibility index (Phi) is 5.28. The van der Waals surface area contributed by atoms with Gasteiger partial charge in [-0.15, -0.1) is 0 Å². The summed E-state index contributed by atoms with van der Waals surface area (Å²) in [5.41, 5.74) is 3.30. The maximum atomic E-state index is 5.72. The Hall–Kier alpha value is -1.00. The number of nitrogens with zero attached hydrogens (tertiary/aromatic N) is 2. The zero-order valence-corrected chi connectivity index (χ0v) is 12.3. The summed E-state index contributed by atoms with van der Waals surface area (Å²) in [7, 11) is 0. The van der Waals surface area contributed by atoms with Crippen LogP contribution in [0.2, 0.25) is 0 Å². The van der Waals surface area contributed by atoms with Gasteiger partial charge in [-0.05, 0) is 57.7 Å². The monoisotopic (exact) mass is 263 g/mol. The van der Waals surface area contributed by atoms with Gasteiger partial charge in [0.05, 0.1) is 17.5 Å². The van der Waals surface area contributed by atoms with Gasteiger partial charge >= 0.3 is 0 Å². The minimum atomic E-state index is 0.364. The van der Waals surface area contributed by atoms with E-state index in [4.69, 9.17) is 4.74 Å². The van der Waals surface area contributed by atoms with E-state index in [0.717, 1.165) is 37.4 Å². The average Bonchev–Trinajstić information content (AvgIpc) is 2.91. The molecule has 1 aliphatic rings. The van der Waals surface area contributed by atoms with Crippen LogP contribution >= 0.6 is 0 Å². The zero-order chi connectivity index (χ0) is 13.7. The highest BCUT2D eigenvalue weighted by atomic mass is 16.5. The topological polar surface area (TPSA) is 47.0 Å². The number of nitrogens with one attached hydrogen (secondary N) is 1. The SMILES string of the molecule is CCNC(CCC1CCCO1)c1cc(C)nnc1C. The Bertz CT molecular complexity index is 402. The molecule has 0 spiro atoms. The predicted octanol–water partition coefficient (Wildman–Crippen LogP) is 2.70. The molecule has 0 bridgehead atoms. The van der Waals surface area contributed by atoms with Crippen molar-refractivity contribution in [2.75, 3.05) is 13.2 Å². The third kappa shape index (κ3) is 3.98. The van der Waals surface area contributed by atoms with Crippen molar-refractivity contribution in [1.82, 2.24) is 15.5 Å². The standard InChI is InChI=1S/C15H25N3O/c1-4-16-15(8-7-13-6-5-9-19-13)14-10-11(2)17-18-12(14)3/h10,13,15-16H,4-9H2,1-3H3. The Morgan fingerprint density at radius 2 is 2.26 bits per heavy atom. The van der Waals surface area contributed by atoms with Crippen molar-refractivity contribution in [1.29, 1.82) is 0 Å². The molecule has 0 aliphatic carbocycles. The Morgan fingerprint density at radius 3 is 2.95 bits per heavy atom. The minimum Gasteiger partial charge on any atom is -0.378 e. The van der Waals surface area contributed by atoms with Crippen LogP contribution in [0.25, 0.3) is 0 Å². The number of rotatable bonds is 6. The quantitative estimate of drug-likeness (QED) is 0.857. The predicted molar refractivity (Wildman–Crippen MR) is 76.1 cm³/mol. The van der Waals surface area contributed by atoms with E-state index in [1.807, 2.05) is 13.8 Å². The van der Waals surface area contributed by atoms with Crippen molar-refractivity contribution in [3.05, 3.63) is 23.0 Å². The zero-order valence-electron chi connectivity index (χ0n) is 12.3. The molecule has 0 aromatic carbocycles. The van der Waals surface area contributed by atoms with Gasteiger partial charge in [0.2, 0.25) is 0 Å². The fourth-order valence-electron chi connectivity index (χ4n) is 2.76. The summed E-state index contributed by atoms with van der Waals surface area (Å²) in [6.07, 6.45) is 5.11. The lowest BCUT2D eigenvalue weighted by Gasteiger charge is -2.21. The summed E-state index contributed by atoms with van der Waals surface area (Å²) in [5, 5.41) is 11.9. The van der Waals surface area contributed by atoms with Gasteiger partial charge in [-0.1, -0.05) is 6.92 Å². The van der Waals surface area contributed by atoms with Gasteiger partial charge in [0.25, 0.3) is 0 Å². The van der Waals surface area contributed by atoms with Crippen molar-refractivity contribution in [2.24, 2.45) is 0 Å². The molecule has 1 fully saturated rings. The first-order valence-electron chi connectivity index (χ1n) is 7.36. The van der Waals surface area contributed by atoms with Crippen LogP contribution in [0, 0.1) is 13.8 Å². The van der Waals surface area contributed by atoms with Crippen LogP contribution < -0.4 is 5.32 Å². The van der Waals surface area contributed by atoms with Crippen molar-refractivity contribution in [2.45, 2.75) is 58.6 Å². The van der Waals surface area contributed by atoms with Gasteiger partial charge in [-0.3, -0.25) is 0 Å². The molecule has 1 aliphatic heterocycles. The van der Waals surface area contributed by atoms with Crippen LogP contribution in [0.4, 0.5) is 0 Å². The maximum Gasteiger partial charge on any atom is 0.0648 e. The Labute approximate surface area is 116 Å². The third-order valence-corrected chi connectivity index (χ3v) is 3.77. The van der Waals surface area contributed by atoms with E-state index in [0.29, 0.717) is 12.1 Å². The summed E-state index contributed by atoms with van der Waals surface area (Å²) >= 11 is 0. The van der Waals surface area contributed by atoms with Gasteiger partial charge in [0.1, 0.15) is 0 Å². The molecule has 2 rings (SSSR count). The average molecular weight is 263 g/mol. The van der Waals surface area contributed by atoms with Crippen LogP contribution in [0.15, 0.2) is 6.07 Å². The van der Waals surface area contributed by atoms with Crippen LogP contribution in [0.1, 0.15) is 55.6 Å². The highest BCUT2D eigenvalue weighted by Gasteiger charge is 2.20. The number of aromatic nitrogens is 2. The second kappa shape index (κ2) is 6.96. The van der Waals surface area contributed by atoms with Crippen LogP contribution in [-0.4, -0.2) is 29.5 Å². The van der Waals surface area contributed by atoms with Crippen molar-refractivity contribution >= 4 is 0 Å². The fourth-order valence-corrected chi connectivity index (χ4v) is 2.76. The normalized spacial score (nSPS) is 20.7. The molecule has 2 unspecified atom stereocenters. The first-order chi connectivity index (χ1) is 9.20. The van der Waals surface area contributed by atoms with Gasteiger partial charge in [-0.2, -0.15) is 10.2 Å². The molecule has 4 nitrogen and oxygen atoms in total. The number of ether oxygens (including phenoxy) is 1. The largest absolute Gasteiger partial charge is 0.378 e. The Morgan fingerprint density at radius 1 is 1.42 bits per heavy atom. The van der Waals surface area contributed by atoms with Crippen molar-refractivity contribution in [3.8, 4) is 0 Å². The van der Waals surface area contributed by atoms with Crippen LogP contribution in [0.3, 0.4) is 0 Å². The molecule has 1 saturated heterocycles. The molecular formula is C15H25N3O. The molecule has 1 aromatic heterocycles. The number of hydrogen-bond acceptors (Lipinski definition) is 4. The second-order valence-electron chi connectivity index (χ2n) is 5.35. The molecule has 2 atom stereocenters. The molecule has 106 valence electrons. The summed E-state index contributed by atoms with van der Waals surface area (Å²) in [4.78, 5) is 0. The maximum absolute atomic E-state index is 5.72. The third-order valence-electron chi connectivity index (χ3n) is 3.77. The smallest absolute Gasteiger partial charge is 0.0648 e. The molecule has 19 heavy (non-hydrogen) atoms. The van der Waals surface area contributed by atoms with Crippen molar-refractivity contribution < 1.29 is 4.74 Å². The lowest BCUT2D eigenvalue weighted by Crippen LogP contribution is -2.24. The lowest BCUT2D eigenvalue weighted by molar-refractivity contribution is 0.0996. The molecule has 1 N–H and O–H groups in total. The molecule has 2 heterocycles. The van der Waals surface area contributed by atoms with E-state index in [1.54, 1.807) is 0 Å². The van der Waals surface area contributed by atoms with Gasteiger partial charge in [0.15, 0.2) is 0 Å². The lowest BCUT2D eigenvalue weighted by atomic mass is 9.98. The van der Waals surface area contributed by atoms with E-state index >= 15 is 0 Å². The molecule has 0 saturated carbocycles. The first kappa shape index (κ1) is 14.4. The molecule has 4 heteroatoms. The Balaban J connectivity index is 2.03. The highest BCUT2D eigenvalue weighted by Crippen LogP contribution is 2.25. The van der Waals surface area contributed by atoms with E-state index in [1.165, 1.54) is 18.4 Å². The molecule has 0 amide bonds. The number of aryl methyl sites for hydroxylation is 2. The van der Waals surface area contributed by atoms with E-state index < -0.39 is 0 Å². The van der Waals surface area contributed by atoms with Gasteiger partial charge in [-0.25, -0.2) is 0 Å². The molecule has 1 aromatic rings. The van der Waals surface area contributed by atoms with E-state index in [9.17, 15) is 0 Å². The van der Waals surface area contributed by atoms with Crippen molar-refractivity contribution in [3.63, 3.8) is 0 Å². The van der Waals surface area contributed by atoms with Crippen LogP contribution in [-0.2, 0) is 4.74 Å². The van der Waals surface area contributed by atoms with E-state index in [2.05, 4.69) is 28.5 Å².